The third-order valence-corrected chi connectivity index (χ3v) is 5.60. The lowest BCUT2D eigenvalue weighted by molar-refractivity contribution is -0.385. The molecule has 0 bridgehead atoms. The van der Waals surface area contributed by atoms with Gasteiger partial charge in [-0.05, 0) is 37.8 Å². The van der Waals surface area contributed by atoms with Crippen LogP contribution < -0.4 is 5.32 Å². The van der Waals surface area contributed by atoms with Gasteiger partial charge in [0.2, 0.25) is 11.0 Å². The minimum absolute atomic E-state index is 0.0364. The van der Waals surface area contributed by atoms with Crippen LogP contribution in [0.15, 0.2) is 18.2 Å². The number of benzene rings is 1. The molecular formula is C19H23N5O4S. The predicted molar refractivity (Wildman–Crippen MR) is 109 cm³/mol. The number of hydrogen-bond acceptors (Lipinski definition) is 7. The van der Waals surface area contributed by atoms with Crippen molar-refractivity contribution < 1.29 is 14.5 Å². The van der Waals surface area contributed by atoms with Crippen LogP contribution in [0.2, 0.25) is 0 Å². The van der Waals surface area contributed by atoms with Gasteiger partial charge in [-0.3, -0.25) is 25.0 Å². The summed E-state index contributed by atoms with van der Waals surface area (Å²) in [7, 11) is 0. The maximum absolute atomic E-state index is 12.9. The molecular weight excluding hydrogens is 394 g/mol. The molecule has 1 N–H and O–H groups in total. The minimum Gasteiger partial charge on any atom is -0.327 e. The van der Waals surface area contributed by atoms with Gasteiger partial charge in [-0.25, -0.2) is 0 Å². The van der Waals surface area contributed by atoms with Crippen molar-refractivity contribution >= 4 is 34.0 Å². The SMILES string of the molecule is Cc1cc(C(=O)N2CCCC2C(=O)Nc2nnc(CC(C)C)s2)ccc1[N+](=O)[O-]. The summed E-state index contributed by atoms with van der Waals surface area (Å²) < 4.78 is 0. The van der Waals surface area contributed by atoms with E-state index in [1.165, 1.54) is 34.4 Å². The van der Waals surface area contributed by atoms with E-state index in [1.54, 1.807) is 6.92 Å². The van der Waals surface area contributed by atoms with E-state index in [2.05, 4.69) is 29.4 Å². The van der Waals surface area contributed by atoms with Crippen LogP contribution in [0.3, 0.4) is 0 Å². The van der Waals surface area contributed by atoms with Crippen LogP contribution in [0.25, 0.3) is 0 Å². The molecule has 1 aromatic heterocycles. The number of anilines is 1. The first kappa shape index (κ1) is 20.8. The quantitative estimate of drug-likeness (QED) is 0.569. The number of amides is 2. The van der Waals surface area contributed by atoms with Crippen LogP contribution in [-0.4, -0.2) is 44.4 Å². The zero-order valence-corrected chi connectivity index (χ0v) is 17.4. The fraction of sp³-hybridized carbons (Fsp3) is 0.474. The second-order valence-electron chi connectivity index (χ2n) is 7.50. The van der Waals surface area contributed by atoms with Crippen LogP contribution in [0, 0.1) is 23.0 Å². The first-order valence-electron chi connectivity index (χ1n) is 9.45. The van der Waals surface area contributed by atoms with E-state index in [0.29, 0.717) is 41.6 Å². The lowest BCUT2D eigenvalue weighted by Crippen LogP contribution is -2.43. The number of aromatic nitrogens is 2. The fourth-order valence-electron chi connectivity index (χ4n) is 3.37. The maximum atomic E-state index is 12.9. The van der Waals surface area contributed by atoms with Crippen molar-refractivity contribution in [1.29, 1.82) is 0 Å². The monoisotopic (exact) mass is 417 g/mol. The van der Waals surface area contributed by atoms with E-state index in [0.717, 1.165) is 11.4 Å². The van der Waals surface area contributed by atoms with Gasteiger partial charge < -0.3 is 4.90 Å². The molecule has 29 heavy (non-hydrogen) atoms. The molecule has 1 fully saturated rings. The number of carbonyl (C=O) groups is 2. The highest BCUT2D eigenvalue weighted by atomic mass is 32.1. The van der Waals surface area contributed by atoms with Crippen LogP contribution in [0.5, 0.6) is 0 Å². The normalized spacial score (nSPS) is 16.3. The molecule has 154 valence electrons. The lowest BCUT2D eigenvalue weighted by atomic mass is 10.1. The molecule has 0 aliphatic carbocycles. The number of likely N-dealkylation sites (tertiary alicyclic amines) is 1. The summed E-state index contributed by atoms with van der Waals surface area (Å²) in [4.78, 5) is 37.7. The summed E-state index contributed by atoms with van der Waals surface area (Å²) in [5, 5.41) is 23.1. The molecule has 0 radical (unpaired) electrons. The Morgan fingerprint density at radius 1 is 1.38 bits per heavy atom. The Labute approximate surface area is 172 Å². The van der Waals surface area contributed by atoms with Crippen LogP contribution in [-0.2, 0) is 11.2 Å². The standard InChI is InChI=1S/C19H23N5O4S/c1-11(2)9-16-21-22-19(29-16)20-17(25)15-5-4-8-23(15)18(26)13-6-7-14(24(27)28)12(3)10-13/h6-7,10-11,15H,4-5,8-9H2,1-3H3,(H,20,22,25). The van der Waals surface area contributed by atoms with Crippen molar-refractivity contribution in [2.75, 3.05) is 11.9 Å². The van der Waals surface area contributed by atoms with Crippen LogP contribution in [0.1, 0.15) is 47.6 Å². The second-order valence-corrected chi connectivity index (χ2v) is 8.57. The molecule has 1 aliphatic heterocycles. The molecule has 9 nitrogen and oxygen atoms in total. The Balaban J connectivity index is 1.71. The predicted octanol–water partition coefficient (Wildman–Crippen LogP) is 3.20. The summed E-state index contributed by atoms with van der Waals surface area (Å²) in [5.74, 6) is -0.153. The average Bonchev–Trinajstić information content (AvgIpc) is 3.29. The first-order chi connectivity index (χ1) is 13.8. The Morgan fingerprint density at radius 2 is 2.14 bits per heavy atom. The third-order valence-electron chi connectivity index (χ3n) is 4.74. The van der Waals surface area contributed by atoms with Gasteiger partial charge in [-0.2, -0.15) is 0 Å². The van der Waals surface area contributed by atoms with Gasteiger partial charge in [-0.15, -0.1) is 10.2 Å². The fourth-order valence-corrected chi connectivity index (χ4v) is 4.32. The van der Waals surface area contributed by atoms with Crippen molar-refractivity contribution in [3.8, 4) is 0 Å². The molecule has 2 heterocycles. The van der Waals surface area contributed by atoms with E-state index in [1.807, 2.05) is 0 Å². The molecule has 1 atom stereocenters. The van der Waals surface area contributed by atoms with Crippen molar-refractivity contribution in [3.05, 3.63) is 44.4 Å². The Kier molecular flexibility index (Phi) is 6.21. The van der Waals surface area contributed by atoms with Gasteiger partial charge >= 0.3 is 0 Å². The van der Waals surface area contributed by atoms with Gasteiger partial charge in [0, 0.05) is 30.2 Å². The Morgan fingerprint density at radius 3 is 2.79 bits per heavy atom. The largest absolute Gasteiger partial charge is 0.327 e. The highest BCUT2D eigenvalue weighted by Gasteiger charge is 2.35. The topological polar surface area (TPSA) is 118 Å². The second kappa shape index (κ2) is 8.64. The van der Waals surface area contributed by atoms with Gasteiger partial charge in [-0.1, -0.05) is 25.2 Å². The number of carbonyl (C=O) groups excluding carboxylic acids is 2. The smallest absolute Gasteiger partial charge is 0.272 e. The molecule has 1 unspecified atom stereocenters. The summed E-state index contributed by atoms with van der Waals surface area (Å²) in [6.45, 7) is 6.22. The highest BCUT2D eigenvalue weighted by molar-refractivity contribution is 7.15. The van der Waals surface area contributed by atoms with E-state index >= 15 is 0 Å². The number of nitrogens with zero attached hydrogens (tertiary/aromatic N) is 4. The summed E-state index contributed by atoms with van der Waals surface area (Å²) in [6.07, 6.45) is 2.06. The number of aryl methyl sites for hydroxylation is 1. The van der Waals surface area contributed by atoms with Crippen molar-refractivity contribution in [1.82, 2.24) is 15.1 Å². The van der Waals surface area contributed by atoms with Crippen molar-refractivity contribution in [3.63, 3.8) is 0 Å². The molecule has 1 saturated heterocycles. The van der Waals surface area contributed by atoms with Crippen LogP contribution in [0.4, 0.5) is 10.8 Å². The van der Waals surface area contributed by atoms with E-state index in [9.17, 15) is 19.7 Å². The number of nitro benzene ring substituents is 1. The molecule has 1 aromatic carbocycles. The Hall–Kier alpha value is -2.88. The average molecular weight is 417 g/mol. The van der Waals surface area contributed by atoms with Crippen LogP contribution >= 0.6 is 11.3 Å². The number of nitro groups is 1. The van der Waals surface area contributed by atoms with E-state index in [-0.39, 0.29) is 17.5 Å². The van der Waals surface area contributed by atoms with Crippen molar-refractivity contribution in [2.24, 2.45) is 5.92 Å². The molecule has 10 heteroatoms. The minimum atomic E-state index is -0.601. The maximum Gasteiger partial charge on any atom is 0.272 e. The Bertz CT molecular complexity index is 942. The molecule has 1 aliphatic rings. The van der Waals surface area contributed by atoms with E-state index < -0.39 is 11.0 Å². The zero-order chi connectivity index (χ0) is 21.1. The summed E-state index contributed by atoms with van der Waals surface area (Å²) >= 11 is 1.34. The third kappa shape index (κ3) is 4.76. The molecule has 0 spiro atoms. The summed E-state index contributed by atoms with van der Waals surface area (Å²) in [6, 6.07) is 3.65. The number of nitrogens with one attached hydrogen (secondary N) is 1. The lowest BCUT2D eigenvalue weighted by Gasteiger charge is -2.23. The molecule has 3 rings (SSSR count). The molecule has 0 saturated carbocycles. The van der Waals surface area contributed by atoms with Crippen molar-refractivity contribution in [2.45, 2.75) is 46.1 Å². The molecule has 2 amide bonds. The number of hydrogen-bond donors (Lipinski definition) is 1. The highest BCUT2D eigenvalue weighted by Crippen LogP contribution is 2.25. The summed E-state index contributed by atoms with van der Waals surface area (Å²) in [5.41, 5.74) is 0.710. The van der Waals surface area contributed by atoms with Gasteiger partial charge in [0.25, 0.3) is 11.6 Å². The van der Waals surface area contributed by atoms with Gasteiger partial charge in [0.05, 0.1) is 4.92 Å². The zero-order valence-electron chi connectivity index (χ0n) is 16.5. The van der Waals surface area contributed by atoms with Gasteiger partial charge in [0.1, 0.15) is 11.0 Å². The molecule has 2 aromatic rings. The number of rotatable bonds is 6. The first-order valence-corrected chi connectivity index (χ1v) is 10.3. The van der Waals surface area contributed by atoms with E-state index in [4.69, 9.17) is 0 Å². The van der Waals surface area contributed by atoms with Gasteiger partial charge in [0.15, 0.2) is 0 Å².